The molecule has 0 radical (unpaired) electrons. The molecule has 1 amide bonds. The third kappa shape index (κ3) is 4.74. The van der Waals surface area contributed by atoms with Gasteiger partial charge in [0.25, 0.3) is 5.91 Å². The summed E-state index contributed by atoms with van der Waals surface area (Å²) in [5.41, 5.74) is 3.64. The quantitative estimate of drug-likeness (QED) is 0.863. The van der Waals surface area contributed by atoms with Crippen molar-refractivity contribution in [3.63, 3.8) is 0 Å². The van der Waals surface area contributed by atoms with Gasteiger partial charge in [-0.05, 0) is 31.5 Å². The van der Waals surface area contributed by atoms with Gasteiger partial charge in [-0.2, -0.15) is 0 Å². The lowest BCUT2D eigenvalue weighted by atomic mass is 10.1. The Morgan fingerprint density at radius 2 is 1.73 bits per heavy atom. The van der Waals surface area contributed by atoms with E-state index >= 15 is 0 Å². The molecule has 2 rings (SSSR count). The molecule has 114 valence electrons. The van der Waals surface area contributed by atoms with Gasteiger partial charge in [-0.25, -0.2) is 0 Å². The van der Waals surface area contributed by atoms with Crippen LogP contribution in [-0.4, -0.2) is 18.4 Å². The summed E-state index contributed by atoms with van der Waals surface area (Å²) in [7, 11) is 0. The second kappa shape index (κ2) is 7.41. The molecule has 0 saturated carbocycles. The van der Waals surface area contributed by atoms with Crippen LogP contribution in [0.3, 0.4) is 0 Å². The van der Waals surface area contributed by atoms with Crippen molar-refractivity contribution in [1.82, 2.24) is 5.32 Å². The highest BCUT2D eigenvalue weighted by molar-refractivity contribution is 5.95. The molecule has 0 fully saturated rings. The summed E-state index contributed by atoms with van der Waals surface area (Å²) in [6.07, 6.45) is 0. The summed E-state index contributed by atoms with van der Waals surface area (Å²) >= 11 is 0. The number of ether oxygens (including phenoxy) is 1. The number of aryl methyl sites for hydroxylation is 2. The van der Waals surface area contributed by atoms with E-state index < -0.39 is 5.97 Å². The summed E-state index contributed by atoms with van der Waals surface area (Å²) in [6.45, 7) is 4.00. The van der Waals surface area contributed by atoms with Gasteiger partial charge >= 0.3 is 5.97 Å². The van der Waals surface area contributed by atoms with Crippen LogP contribution < -0.4 is 5.32 Å². The van der Waals surface area contributed by atoms with E-state index in [1.54, 1.807) is 12.1 Å². The minimum absolute atomic E-state index is 0.140. The number of esters is 1. The summed E-state index contributed by atoms with van der Waals surface area (Å²) < 4.78 is 5.13. The Labute approximate surface area is 130 Å². The Morgan fingerprint density at radius 3 is 2.41 bits per heavy atom. The van der Waals surface area contributed by atoms with Crippen LogP contribution in [-0.2, 0) is 16.1 Å². The summed E-state index contributed by atoms with van der Waals surface area (Å²) in [5, 5.41) is 2.55. The van der Waals surface area contributed by atoms with E-state index in [4.69, 9.17) is 4.74 Å². The highest BCUT2D eigenvalue weighted by atomic mass is 16.5. The number of nitrogens with one attached hydrogen (secondary N) is 1. The summed E-state index contributed by atoms with van der Waals surface area (Å²) in [4.78, 5) is 23.5. The van der Waals surface area contributed by atoms with Crippen molar-refractivity contribution in [2.75, 3.05) is 6.54 Å². The van der Waals surface area contributed by atoms with Crippen molar-refractivity contribution in [2.24, 2.45) is 0 Å². The smallest absolute Gasteiger partial charge is 0.325 e. The van der Waals surface area contributed by atoms with Gasteiger partial charge in [0, 0.05) is 5.56 Å². The molecule has 4 heteroatoms. The predicted molar refractivity (Wildman–Crippen MR) is 84.5 cm³/mol. The van der Waals surface area contributed by atoms with Gasteiger partial charge in [0.05, 0.1) is 0 Å². The maximum absolute atomic E-state index is 11.9. The molecule has 0 unspecified atom stereocenters. The van der Waals surface area contributed by atoms with Gasteiger partial charge in [0.15, 0.2) is 0 Å². The number of carbonyl (C=O) groups excluding carboxylic acids is 2. The molecule has 4 nitrogen and oxygen atoms in total. The lowest BCUT2D eigenvalue weighted by molar-refractivity contribution is -0.143. The second-order valence-corrected chi connectivity index (χ2v) is 5.20. The zero-order valence-corrected chi connectivity index (χ0v) is 12.8. The van der Waals surface area contributed by atoms with Crippen LogP contribution >= 0.6 is 0 Å². The molecule has 0 aromatic heterocycles. The SMILES string of the molecule is Cc1ccc(C(=O)NCC(=O)OCc2cccc(C)c2)cc1. The molecule has 0 atom stereocenters. The first-order valence-corrected chi connectivity index (χ1v) is 7.10. The largest absolute Gasteiger partial charge is 0.460 e. The van der Waals surface area contributed by atoms with Crippen LogP contribution in [0.25, 0.3) is 0 Å². The number of hydrogen-bond acceptors (Lipinski definition) is 3. The van der Waals surface area contributed by atoms with Crippen molar-refractivity contribution in [3.05, 3.63) is 70.8 Å². The zero-order chi connectivity index (χ0) is 15.9. The number of rotatable bonds is 5. The van der Waals surface area contributed by atoms with Crippen LogP contribution in [0, 0.1) is 13.8 Å². The van der Waals surface area contributed by atoms with Gasteiger partial charge in [0.2, 0.25) is 0 Å². The molecule has 0 aliphatic rings. The van der Waals surface area contributed by atoms with Crippen LogP contribution in [0.2, 0.25) is 0 Å². The molecular formula is C18H19NO3. The zero-order valence-electron chi connectivity index (χ0n) is 12.8. The highest BCUT2D eigenvalue weighted by Gasteiger charge is 2.08. The van der Waals surface area contributed by atoms with Gasteiger partial charge in [0.1, 0.15) is 13.2 Å². The average Bonchev–Trinajstić information content (AvgIpc) is 2.51. The Bertz CT molecular complexity index is 662. The number of carbonyl (C=O) groups is 2. The Hall–Kier alpha value is -2.62. The molecule has 0 aliphatic carbocycles. The van der Waals surface area contributed by atoms with E-state index in [1.165, 1.54) is 0 Å². The van der Waals surface area contributed by atoms with Gasteiger partial charge < -0.3 is 10.1 Å². The van der Waals surface area contributed by atoms with Crippen molar-refractivity contribution in [1.29, 1.82) is 0 Å². The highest BCUT2D eigenvalue weighted by Crippen LogP contribution is 2.05. The maximum atomic E-state index is 11.9. The van der Waals surface area contributed by atoms with E-state index in [-0.39, 0.29) is 19.1 Å². The first kappa shape index (κ1) is 15.8. The molecular weight excluding hydrogens is 278 g/mol. The van der Waals surface area contributed by atoms with Gasteiger partial charge in [-0.15, -0.1) is 0 Å². The molecule has 0 spiro atoms. The fourth-order valence-corrected chi connectivity index (χ4v) is 1.98. The fraction of sp³-hybridized carbons (Fsp3) is 0.222. The standard InChI is InChI=1S/C18H19NO3/c1-13-6-8-16(9-7-13)18(21)19-11-17(20)22-12-15-5-3-4-14(2)10-15/h3-10H,11-12H2,1-2H3,(H,19,21). The summed E-state index contributed by atoms with van der Waals surface area (Å²) in [5.74, 6) is -0.741. The molecule has 0 saturated heterocycles. The number of amides is 1. The Morgan fingerprint density at radius 1 is 1.00 bits per heavy atom. The normalized spacial score (nSPS) is 10.1. The van der Waals surface area contributed by atoms with Crippen LogP contribution in [0.1, 0.15) is 27.0 Å². The minimum Gasteiger partial charge on any atom is -0.460 e. The topological polar surface area (TPSA) is 55.4 Å². The lowest BCUT2D eigenvalue weighted by Crippen LogP contribution is -2.30. The van der Waals surface area contributed by atoms with E-state index in [0.29, 0.717) is 5.56 Å². The first-order valence-electron chi connectivity index (χ1n) is 7.10. The molecule has 22 heavy (non-hydrogen) atoms. The average molecular weight is 297 g/mol. The third-order valence-electron chi connectivity index (χ3n) is 3.19. The van der Waals surface area contributed by atoms with Crippen molar-refractivity contribution in [3.8, 4) is 0 Å². The Kier molecular flexibility index (Phi) is 5.31. The molecule has 1 N–H and O–H groups in total. The van der Waals surface area contributed by atoms with Gasteiger partial charge in [-0.3, -0.25) is 9.59 Å². The van der Waals surface area contributed by atoms with Gasteiger partial charge in [-0.1, -0.05) is 47.5 Å². The fourth-order valence-electron chi connectivity index (χ4n) is 1.98. The van der Waals surface area contributed by atoms with Crippen molar-refractivity contribution >= 4 is 11.9 Å². The lowest BCUT2D eigenvalue weighted by Gasteiger charge is -2.07. The third-order valence-corrected chi connectivity index (χ3v) is 3.19. The molecule has 2 aromatic rings. The van der Waals surface area contributed by atoms with Crippen LogP contribution in [0.5, 0.6) is 0 Å². The van der Waals surface area contributed by atoms with Crippen LogP contribution in [0.4, 0.5) is 0 Å². The van der Waals surface area contributed by atoms with Crippen molar-refractivity contribution < 1.29 is 14.3 Å². The number of hydrogen-bond donors (Lipinski definition) is 1. The maximum Gasteiger partial charge on any atom is 0.325 e. The predicted octanol–water partition coefficient (Wildman–Crippen LogP) is 2.78. The van der Waals surface area contributed by atoms with E-state index in [9.17, 15) is 9.59 Å². The first-order chi connectivity index (χ1) is 10.5. The van der Waals surface area contributed by atoms with Crippen molar-refractivity contribution in [2.45, 2.75) is 20.5 Å². The monoisotopic (exact) mass is 297 g/mol. The minimum atomic E-state index is -0.457. The second-order valence-electron chi connectivity index (χ2n) is 5.20. The van der Waals surface area contributed by atoms with Crippen LogP contribution in [0.15, 0.2) is 48.5 Å². The molecule has 0 bridgehead atoms. The van der Waals surface area contributed by atoms with E-state index in [0.717, 1.165) is 16.7 Å². The Balaban J connectivity index is 1.78. The summed E-state index contributed by atoms with van der Waals surface area (Å²) in [6, 6.07) is 14.9. The molecule has 0 aliphatic heterocycles. The molecule has 0 heterocycles. The van der Waals surface area contributed by atoms with E-state index in [2.05, 4.69) is 5.32 Å². The molecule has 2 aromatic carbocycles. The van der Waals surface area contributed by atoms with E-state index in [1.807, 2.05) is 50.2 Å². The number of benzene rings is 2.